The van der Waals surface area contributed by atoms with Crippen LogP contribution in [0.15, 0.2) is 18.2 Å². The second-order valence-electron chi connectivity index (χ2n) is 4.17. The number of hydrogen-bond donors (Lipinski definition) is 0. The molecule has 0 bridgehead atoms. The molecule has 0 saturated heterocycles. The van der Waals surface area contributed by atoms with E-state index in [0.717, 1.165) is 0 Å². The molecule has 12 heteroatoms. The first-order valence-corrected chi connectivity index (χ1v) is 5.27. The number of carbonyl (C=O) groups is 1. The van der Waals surface area contributed by atoms with Crippen molar-refractivity contribution in [1.82, 2.24) is 0 Å². The number of benzene rings is 1. The molecule has 130 valence electrons. The summed E-state index contributed by atoms with van der Waals surface area (Å²) in [7, 11) is 0. The second kappa shape index (κ2) is 5.34. The third kappa shape index (κ3) is 2.85. The van der Waals surface area contributed by atoms with Crippen molar-refractivity contribution in [3.63, 3.8) is 0 Å². The van der Waals surface area contributed by atoms with Crippen molar-refractivity contribution in [2.75, 3.05) is 0 Å². The quantitative estimate of drug-likeness (QED) is 0.566. The third-order valence-corrected chi connectivity index (χ3v) is 2.60. The van der Waals surface area contributed by atoms with E-state index >= 15 is 0 Å². The average Bonchev–Trinajstić information content (AvgIpc) is 2.38. The van der Waals surface area contributed by atoms with Crippen molar-refractivity contribution in [1.29, 1.82) is 0 Å². The van der Waals surface area contributed by atoms with Crippen LogP contribution in [0, 0.1) is 11.6 Å². The van der Waals surface area contributed by atoms with E-state index in [1.54, 1.807) is 0 Å². The highest BCUT2D eigenvalue weighted by Crippen LogP contribution is 2.53. The Hall–Kier alpha value is -1.88. The lowest BCUT2D eigenvalue weighted by molar-refractivity contribution is -0.386. The van der Waals surface area contributed by atoms with E-state index in [2.05, 4.69) is 0 Å². The molecule has 0 aromatic heterocycles. The fourth-order valence-electron chi connectivity index (χ4n) is 1.36. The molecule has 0 amide bonds. The maximum atomic E-state index is 13.2. The van der Waals surface area contributed by atoms with Crippen LogP contribution in [0.3, 0.4) is 0 Å². The van der Waals surface area contributed by atoms with Gasteiger partial charge in [-0.1, -0.05) is 0 Å². The number of alkyl halides is 9. The van der Waals surface area contributed by atoms with E-state index in [-0.39, 0.29) is 18.2 Å². The summed E-state index contributed by atoms with van der Waals surface area (Å²) in [5, 5.41) is 0. The maximum absolute atomic E-state index is 13.2. The summed E-state index contributed by atoms with van der Waals surface area (Å²) < 4.78 is 139. The highest BCUT2D eigenvalue weighted by Gasteiger charge is 2.83. The molecule has 0 aliphatic rings. The topological polar surface area (TPSA) is 17.1 Å². The van der Waals surface area contributed by atoms with Crippen molar-refractivity contribution < 1.29 is 53.1 Å². The number of hydrogen-bond acceptors (Lipinski definition) is 1. The van der Waals surface area contributed by atoms with Gasteiger partial charge in [0.05, 0.1) is 5.56 Å². The van der Waals surface area contributed by atoms with Gasteiger partial charge in [0, 0.05) is 0 Å². The molecular formula is C11H3F11O. The van der Waals surface area contributed by atoms with E-state index in [0.29, 0.717) is 0 Å². The zero-order valence-electron chi connectivity index (χ0n) is 10.3. The largest absolute Gasteiger partial charge is 0.460 e. The highest BCUT2D eigenvalue weighted by molar-refractivity contribution is 6.02. The van der Waals surface area contributed by atoms with E-state index in [1.807, 2.05) is 0 Å². The van der Waals surface area contributed by atoms with Gasteiger partial charge in [-0.15, -0.1) is 0 Å². The molecule has 0 saturated carbocycles. The summed E-state index contributed by atoms with van der Waals surface area (Å²) in [5.41, 5.74) is -2.10. The molecule has 0 radical (unpaired) electrons. The first kappa shape index (κ1) is 19.2. The Morgan fingerprint density at radius 3 is 1.70 bits per heavy atom. The van der Waals surface area contributed by atoms with Gasteiger partial charge in [-0.2, -0.15) is 39.5 Å². The molecule has 1 aromatic carbocycles. The van der Waals surface area contributed by atoms with Gasteiger partial charge in [0.15, 0.2) is 0 Å². The Kier molecular flexibility index (Phi) is 4.45. The van der Waals surface area contributed by atoms with Gasteiger partial charge in [-0.25, -0.2) is 8.78 Å². The molecule has 0 N–H and O–H groups in total. The zero-order valence-corrected chi connectivity index (χ0v) is 10.3. The molecule has 0 heterocycles. The Labute approximate surface area is 119 Å². The smallest absolute Gasteiger partial charge is 0.287 e. The SMILES string of the molecule is O=C(c1cc(F)ccc1F)C(F)(F)C(F)(F)C(F)(F)C(F)(F)F. The molecule has 1 aromatic rings. The highest BCUT2D eigenvalue weighted by atomic mass is 19.4. The van der Waals surface area contributed by atoms with Crippen molar-refractivity contribution in [2.24, 2.45) is 0 Å². The van der Waals surface area contributed by atoms with E-state index in [4.69, 9.17) is 0 Å². The first-order chi connectivity index (χ1) is 10.1. The van der Waals surface area contributed by atoms with Crippen LogP contribution in [-0.4, -0.2) is 29.7 Å². The fraction of sp³-hybridized carbons (Fsp3) is 0.364. The number of ketones is 1. The van der Waals surface area contributed by atoms with Crippen LogP contribution in [-0.2, 0) is 0 Å². The van der Waals surface area contributed by atoms with Crippen LogP contribution in [0.5, 0.6) is 0 Å². The molecule has 0 unspecified atom stereocenters. The molecule has 1 nitrogen and oxygen atoms in total. The summed E-state index contributed by atoms with van der Waals surface area (Å²) in [6.45, 7) is 0. The van der Waals surface area contributed by atoms with E-state index < -0.39 is 46.9 Å². The number of carbonyl (C=O) groups excluding carboxylic acids is 1. The molecule has 1 rings (SSSR count). The van der Waals surface area contributed by atoms with Crippen LogP contribution < -0.4 is 0 Å². The lowest BCUT2D eigenvalue weighted by Crippen LogP contribution is -2.63. The molecule has 23 heavy (non-hydrogen) atoms. The van der Waals surface area contributed by atoms with E-state index in [9.17, 15) is 53.1 Å². The predicted molar refractivity (Wildman–Crippen MR) is 51.6 cm³/mol. The standard InChI is InChI=1S/C11H3F11O/c12-4-1-2-6(13)5(3-4)7(23)8(14,15)9(16,17)10(18,19)11(20,21)22/h1-3H. The Morgan fingerprint density at radius 2 is 1.26 bits per heavy atom. The normalized spacial score (nSPS) is 14.0. The molecule has 0 aliphatic carbocycles. The van der Waals surface area contributed by atoms with Gasteiger partial charge in [-0.3, -0.25) is 4.79 Å². The summed E-state index contributed by atoms with van der Waals surface area (Å²) in [6.07, 6.45) is -7.12. The minimum absolute atomic E-state index is 0.0265. The summed E-state index contributed by atoms with van der Waals surface area (Å²) in [5.74, 6) is -28.2. The second-order valence-corrected chi connectivity index (χ2v) is 4.17. The van der Waals surface area contributed by atoms with Crippen LogP contribution in [0.4, 0.5) is 48.3 Å². The number of halogens is 11. The third-order valence-electron chi connectivity index (χ3n) is 2.60. The van der Waals surface area contributed by atoms with Crippen molar-refractivity contribution in [2.45, 2.75) is 23.9 Å². The maximum Gasteiger partial charge on any atom is 0.460 e. The van der Waals surface area contributed by atoms with Gasteiger partial charge in [0.1, 0.15) is 11.6 Å². The van der Waals surface area contributed by atoms with E-state index in [1.165, 1.54) is 0 Å². The minimum atomic E-state index is -7.30. The monoisotopic (exact) mass is 360 g/mol. The molecule has 0 spiro atoms. The average molecular weight is 360 g/mol. The summed E-state index contributed by atoms with van der Waals surface area (Å²) >= 11 is 0. The van der Waals surface area contributed by atoms with Crippen LogP contribution in [0.2, 0.25) is 0 Å². The minimum Gasteiger partial charge on any atom is -0.287 e. The van der Waals surface area contributed by atoms with Crippen molar-refractivity contribution in [3.05, 3.63) is 35.4 Å². The van der Waals surface area contributed by atoms with Gasteiger partial charge >= 0.3 is 23.9 Å². The number of Topliss-reactive ketones (excluding diaryl/α,β-unsaturated/α-hetero) is 1. The first-order valence-electron chi connectivity index (χ1n) is 5.27. The lowest BCUT2D eigenvalue weighted by atomic mass is 9.95. The molecule has 0 fully saturated rings. The Balaban J connectivity index is 3.45. The zero-order chi connectivity index (χ0) is 18.4. The Bertz CT molecular complexity index is 617. The van der Waals surface area contributed by atoms with Gasteiger partial charge in [-0.05, 0) is 18.2 Å². The van der Waals surface area contributed by atoms with Gasteiger partial charge < -0.3 is 0 Å². The van der Waals surface area contributed by atoms with Gasteiger partial charge in [0.2, 0.25) is 5.78 Å². The molecule has 0 atom stereocenters. The number of rotatable bonds is 4. The molecular weight excluding hydrogens is 357 g/mol. The Morgan fingerprint density at radius 1 is 0.783 bits per heavy atom. The predicted octanol–water partition coefficient (Wildman–Crippen LogP) is 4.62. The molecule has 0 aliphatic heterocycles. The lowest BCUT2D eigenvalue weighted by Gasteiger charge is -2.32. The van der Waals surface area contributed by atoms with Crippen LogP contribution in [0.1, 0.15) is 10.4 Å². The van der Waals surface area contributed by atoms with Crippen LogP contribution in [0.25, 0.3) is 0 Å². The van der Waals surface area contributed by atoms with Gasteiger partial charge in [0.25, 0.3) is 0 Å². The van der Waals surface area contributed by atoms with Crippen LogP contribution >= 0.6 is 0 Å². The summed E-state index contributed by atoms with van der Waals surface area (Å²) in [6, 6.07) is -0.0429. The fourth-order valence-corrected chi connectivity index (χ4v) is 1.36. The van der Waals surface area contributed by atoms with Crippen molar-refractivity contribution >= 4 is 5.78 Å². The summed E-state index contributed by atoms with van der Waals surface area (Å²) in [4.78, 5) is 11.1. The van der Waals surface area contributed by atoms with Crippen molar-refractivity contribution in [3.8, 4) is 0 Å².